The van der Waals surface area contributed by atoms with Crippen molar-refractivity contribution >= 4 is 53.5 Å². The molecule has 40 heavy (non-hydrogen) atoms. The Morgan fingerprint density at radius 1 is 1.07 bits per heavy atom. The zero-order valence-corrected chi connectivity index (χ0v) is 25.8. The van der Waals surface area contributed by atoms with E-state index >= 15 is 0 Å². The molecule has 1 saturated heterocycles. The summed E-state index contributed by atoms with van der Waals surface area (Å²) in [5.74, 6) is 5.18. The van der Waals surface area contributed by atoms with Crippen molar-refractivity contribution in [2.24, 2.45) is 5.92 Å². The van der Waals surface area contributed by atoms with E-state index in [1.807, 2.05) is 66.1 Å². The molecule has 0 saturated carbocycles. The van der Waals surface area contributed by atoms with Crippen molar-refractivity contribution in [2.45, 2.75) is 45.9 Å². The van der Waals surface area contributed by atoms with Gasteiger partial charge in [0.25, 0.3) is 0 Å². The van der Waals surface area contributed by atoms with E-state index in [1.54, 1.807) is 6.20 Å². The van der Waals surface area contributed by atoms with Gasteiger partial charge in [0.2, 0.25) is 0 Å². The molecular weight excluding hydrogens is 560 g/mol. The van der Waals surface area contributed by atoms with Crippen LogP contribution in [0.4, 0.5) is 0 Å². The van der Waals surface area contributed by atoms with Gasteiger partial charge in [-0.1, -0.05) is 31.2 Å². The Bertz CT molecular complexity index is 1680. The quantitative estimate of drug-likeness (QED) is 0.125. The van der Waals surface area contributed by atoms with Crippen molar-refractivity contribution in [2.75, 3.05) is 18.1 Å². The van der Waals surface area contributed by atoms with Crippen LogP contribution in [0.1, 0.15) is 5.82 Å². The molecule has 8 nitrogen and oxygen atoms in total. The first-order valence-electron chi connectivity index (χ1n) is 13.5. The van der Waals surface area contributed by atoms with Gasteiger partial charge in [-0.3, -0.25) is 9.67 Å². The molecule has 1 fully saturated rings. The van der Waals surface area contributed by atoms with Crippen molar-refractivity contribution in [3.8, 4) is 22.8 Å². The zero-order valence-electron chi connectivity index (χ0n) is 23.2. The van der Waals surface area contributed by atoms with Crippen LogP contribution < -0.4 is 4.74 Å². The predicted octanol–water partition coefficient (Wildman–Crippen LogP) is 7.27. The Morgan fingerprint density at radius 2 is 1.90 bits per heavy atom. The Hall–Kier alpha value is -2.92. The van der Waals surface area contributed by atoms with Gasteiger partial charge in [-0.05, 0) is 54.7 Å². The normalized spacial score (nSPS) is 14.2. The molecule has 1 aliphatic heterocycles. The van der Waals surface area contributed by atoms with Gasteiger partial charge in [0.1, 0.15) is 34.6 Å². The van der Waals surface area contributed by atoms with E-state index in [0.29, 0.717) is 40.2 Å². The number of aryl methyl sites for hydroxylation is 1. The smallest absolute Gasteiger partial charge is 0.148 e. The highest BCUT2D eigenvalue weighted by molar-refractivity contribution is 8.00. The largest absolute Gasteiger partial charge is 0.456 e. The summed E-state index contributed by atoms with van der Waals surface area (Å²) in [5.41, 5.74) is 4.81. The molecule has 11 heteroatoms. The van der Waals surface area contributed by atoms with Crippen LogP contribution >= 0.6 is 23.4 Å². The van der Waals surface area contributed by atoms with Gasteiger partial charge >= 0.3 is 0 Å². The second-order valence-electron chi connectivity index (χ2n) is 11.5. The Morgan fingerprint density at radius 3 is 2.67 bits per heavy atom. The molecule has 0 spiro atoms. The lowest BCUT2D eigenvalue weighted by Crippen LogP contribution is -2.23. The molecular formula is C29H33ClN6O2SSi. The summed E-state index contributed by atoms with van der Waals surface area (Å²) in [6.45, 7) is 11.2. The molecule has 0 radical (unpaired) electrons. The van der Waals surface area contributed by atoms with Crippen LogP contribution in [0.2, 0.25) is 30.7 Å². The summed E-state index contributed by atoms with van der Waals surface area (Å²) in [4.78, 5) is 14.1. The number of halogens is 1. The van der Waals surface area contributed by atoms with Crippen LogP contribution in [0, 0.1) is 12.8 Å². The molecule has 0 unspecified atom stereocenters. The molecule has 6 rings (SSSR count). The van der Waals surface area contributed by atoms with E-state index < -0.39 is 8.07 Å². The highest BCUT2D eigenvalue weighted by Crippen LogP contribution is 2.36. The average molecular weight is 593 g/mol. The minimum Gasteiger partial charge on any atom is -0.456 e. The van der Waals surface area contributed by atoms with Gasteiger partial charge in [0.15, 0.2) is 0 Å². The highest BCUT2D eigenvalue weighted by atomic mass is 35.5. The number of ether oxygens (including phenoxy) is 2. The Labute approximate surface area is 244 Å². The number of imidazole rings is 1. The zero-order chi connectivity index (χ0) is 27.9. The summed E-state index contributed by atoms with van der Waals surface area (Å²) in [6, 6.07) is 10.7. The van der Waals surface area contributed by atoms with Crippen LogP contribution in [0.15, 0.2) is 48.9 Å². The first kappa shape index (κ1) is 27.3. The number of thioether (sulfide) groups is 1. The molecule has 2 aromatic carbocycles. The summed E-state index contributed by atoms with van der Waals surface area (Å²) >= 11 is 8.82. The fourth-order valence-corrected chi connectivity index (χ4v) is 6.38. The monoisotopic (exact) mass is 592 g/mol. The molecule has 0 atom stereocenters. The second kappa shape index (κ2) is 11.2. The van der Waals surface area contributed by atoms with Crippen LogP contribution in [0.25, 0.3) is 33.3 Å². The third kappa shape index (κ3) is 5.90. The topological polar surface area (TPSA) is 79.9 Å². The number of aromatic nitrogens is 6. The van der Waals surface area contributed by atoms with Gasteiger partial charge < -0.3 is 14.0 Å². The predicted molar refractivity (Wildman–Crippen MR) is 165 cm³/mol. The lowest BCUT2D eigenvalue weighted by Gasteiger charge is -2.24. The average Bonchev–Trinajstić information content (AvgIpc) is 3.49. The van der Waals surface area contributed by atoms with Crippen molar-refractivity contribution in [3.05, 3.63) is 59.8 Å². The highest BCUT2D eigenvalue weighted by Gasteiger charge is 2.20. The first-order valence-corrected chi connectivity index (χ1v) is 18.8. The molecule has 0 bridgehead atoms. The van der Waals surface area contributed by atoms with Crippen LogP contribution in [0.5, 0.6) is 11.5 Å². The fourth-order valence-electron chi connectivity index (χ4n) is 4.61. The summed E-state index contributed by atoms with van der Waals surface area (Å²) in [7, 11) is -1.15. The van der Waals surface area contributed by atoms with Crippen LogP contribution in [-0.2, 0) is 18.0 Å². The minimum absolute atomic E-state index is 0.421. The summed E-state index contributed by atoms with van der Waals surface area (Å²) in [5, 5.41) is 4.95. The first-order chi connectivity index (χ1) is 19.2. The van der Waals surface area contributed by atoms with Gasteiger partial charge in [0.05, 0.1) is 34.6 Å². The maximum Gasteiger partial charge on any atom is 0.148 e. The molecule has 5 aromatic rings. The third-order valence-corrected chi connectivity index (χ3v) is 10.5. The van der Waals surface area contributed by atoms with Gasteiger partial charge in [-0.15, -0.1) is 0 Å². The molecule has 0 amide bonds. The van der Waals surface area contributed by atoms with E-state index in [4.69, 9.17) is 31.0 Å². The number of hydrogen-bond donors (Lipinski definition) is 0. The number of benzene rings is 2. The third-order valence-electron chi connectivity index (χ3n) is 7.05. The number of nitrogens with zero attached hydrogens (tertiary/aromatic N) is 6. The van der Waals surface area contributed by atoms with E-state index in [-0.39, 0.29) is 0 Å². The Balaban J connectivity index is 1.23. The van der Waals surface area contributed by atoms with Crippen LogP contribution in [0.3, 0.4) is 0 Å². The van der Waals surface area contributed by atoms with E-state index in [0.717, 1.165) is 47.3 Å². The number of hydrogen-bond acceptors (Lipinski definition) is 7. The van der Waals surface area contributed by atoms with E-state index in [1.165, 1.54) is 11.5 Å². The lowest BCUT2D eigenvalue weighted by molar-refractivity contribution is 0.0885. The molecule has 1 aliphatic rings. The van der Waals surface area contributed by atoms with Gasteiger partial charge in [-0.2, -0.15) is 16.9 Å². The Kier molecular flexibility index (Phi) is 7.60. The van der Waals surface area contributed by atoms with E-state index in [9.17, 15) is 0 Å². The minimum atomic E-state index is -1.15. The van der Waals surface area contributed by atoms with Gasteiger partial charge in [-0.25, -0.2) is 9.97 Å². The van der Waals surface area contributed by atoms with E-state index in [2.05, 4.69) is 34.3 Å². The van der Waals surface area contributed by atoms with Crippen molar-refractivity contribution in [3.63, 3.8) is 0 Å². The SMILES string of the molecule is Cc1nc2ccc(Oc3ccc4ncc(-c5cnn(CC6CSC6)c5)nc4c3Cl)cc2n1COCC[Si](C)(C)C. The lowest BCUT2D eigenvalue weighted by atomic mass is 10.2. The molecule has 0 aliphatic carbocycles. The van der Waals surface area contributed by atoms with Crippen molar-refractivity contribution in [1.29, 1.82) is 0 Å². The summed E-state index contributed by atoms with van der Waals surface area (Å²) in [6.07, 6.45) is 5.64. The van der Waals surface area contributed by atoms with Crippen LogP contribution in [-0.4, -0.2) is 55.5 Å². The molecule has 3 aromatic heterocycles. The maximum atomic E-state index is 6.84. The second-order valence-corrected chi connectivity index (χ2v) is 18.6. The molecule has 208 valence electrons. The molecule has 4 heterocycles. The van der Waals surface area contributed by atoms with Gasteiger partial charge in [0, 0.05) is 39.1 Å². The maximum absolute atomic E-state index is 6.84. The standard InChI is InChI=1S/C29H33ClN6O2SSi/c1-19-33-23-6-5-22(11-26(23)36(19)18-37-9-10-40(2,3)4)38-27-8-7-24-29(28(27)30)34-25(13-31-24)21-12-32-35(15-21)14-20-16-39-17-20/h5-8,11-13,15,20H,9-10,14,16-18H2,1-4H3. The molecule has 0 N–H and O–H groups in total. The van der Waals surface area contributed by atoms with Crippen molar-refractivity contribution < 1.29 is 9.47 Å². The number of fused-ring (bicyclic) bond motifs is 2. The fraction of sp³-hybridized carbons (Fsp3) is 0.379. The number of rotatable bonds is 10. The summed E-state index contributed by atoms with van der Waals surface area (Å²) < 4.78 is 16.4. The van der Waals surface area contributed by atoms with Crippen molar-refractivity contribution in [1.82, 2.24) is 29.3 Å².